The predicted octanol–water partition coefficient (Wildman–Crippen LogP) is 2.54. The van der Waals surface area contributed by atoms with Crippen LogP contribution in [0.1, 0.15) is 16.7 Å². The van der Waals surface area contributed by atoms with Crippen LogP contribution in [0.25, 0.3) is 0 Å². The van der Waals surface area contributed by atoms with E-state index in [0.29, 0.717) is 0 Å². The lowest BCUT2D eigenvalue weighted by atomic mass is 10.0. The predicted molar refractivity (Wildman–Crippen MR) is 60.0 cm³/mol. The number of benzene rings is 1. The zero-order valence-corrected chi connectivity index (χ0v) is 9.75. The molecule has 0 radical (unpaired) electrons. The number of aliphatic carboxylic acids is 1. The van der Waals surface area contributed by atoms with Crippen LogP contribution in [0, 0.1) is 17.4 Å². The van der Waals surface area contributed by atoms with Gasteiger partial charge < -0.3 is 5.11 Å². The van der Waals surface area contributed by atoms with Crippen molar-refractivity contribution in [3.8, 4) is 0 Å². The van der Waals surface area contributed by atoms with Gasteiger partial charge in [0.1, 0.15) is 0 Å². The fourth-order valence-electron chi connectivity index (χ4n) is 1.37. The molecule has 0 spiro atoms. The van der Waals surface area contributed by atoms with E-state index in [1.54, 1.807) is 0 Å². The van der Waals surface area contributed by atoms with Crippen molar-refractivity contribution in [1.82, 2.24) is 0 Å². The smallest absolute Gasteiger partial charge is 0.307 e. The van der Waals surface area contributed by atoms with Gasteiger partial charge in [-0.2, -0.15) is 0 Å². The Morgan fingerprint density at radius 2 is 1.85 bits per heavy atom. The molecule has 1 rings (SSSR count). The number of rotatable bonds is 2. The summed E-state index contributed by atoms with van der Waals surface area (Å²) in [5.74, 6) is -0.771. The lowest BCUT2D eigenvalue weighted by Gasteiger charge is -2.07. The minimum atomic E-state index is -0.771. The van der Waals surface area contributed by atoms with Crippen LogP contribution in [0.3, 0.4) is 0 Å². The van der Waals surface area contributed by atoms with Crippen LogP contribution in [0.4, 0.5) is 0 Å². The Balaban J connectivity index is 3.13. The van der Waals surface area contributed by atoms with Crippen molar-refractivity contribution < 1.29 is 9.90 Å². The van der Waals surface area contributed by atoms with Crippen molar-refractivity contribution in [3.63, 3.8) is 0 Å². The van der Waals surface area contributed by atoms with E-state index in [1.165, 1.54) is 0 Å². The fourth-order valence-corrected chi connectivity index (χ4v) is 2.30. The summed E-state index contributed by atoms with van der Waals surface area (Å²) in [6.07, 6.45) is 0.120. The van der Waals surface area contributed by atoms with Gasteiger partial charge in [0.25, 0.3) is 0 Å². The molecule has 1 N–H and O–H groups in total. The number of halogens is 1. The molecule has 0 aliphatic rings. The second kappa shape index (κ2) is 4.09. The minimum absolute atomic E-state index is 0.120. The number of aryl methyl sites for hydroxylation is 2. The SMILES string of the molecule is Cc1cc(I)cc(C)c1CC(=O)O. The van der Waals surface area contributed by atoms with E-state index in [9.17, 15) is 4.79 Å². The summed E-state index contributed by atoms with van der Waals surface area (Å²) in [6.45, 7) is 3.90. The molecule has 70 valence electrons. The third-order valence-corrected chi connectivity index (χ3v) is 2.61. The first-order chi connectivity index (χ1) is 6.00. The zero-order valence-electron chi connectivity index (χ0n) is 7.60. The maximum atomic E-state index is 10.6. The fraction of sp³-hybridized carbons (Fsp3) is 0.300. The third kappa shape index (κ3) is 2.69. The van der Waals surface area contributed by atoms with Gasteiger partial charge in [-0.15, -0.1) is 0 Å². The summed E-state index contributed by atoms with van der Waals surface area (Å²) in [6, 6.07) is 4.01. The molecular formula is C10H11IO2. The van der Waals surface area contributed by atoms with Gasteiger partial charge in [-0.1, -0.05) is 0 Å². The molecule has 0 saturated heterocycles. The summed E-state index contributed by atoms with van der Waals surface area (Å²) >= 11 is 2.23. The van der Waals surface area contributed by atoms with Crippen molar-refractivity contribution in [1.29, 1.82) is 0 Å². The maximum Gasteiger partial charge on any atom is 0.307 e. The van der Waals surface area contributed by atoms with Crippen LogP contribution in [0.2, 0.25) is 0 Å². The molecule has 0 heterocycles. The Bertz CT molecular complexity index is 322. The molecule has 0 saturated carbocycles. The highest BCUT2D eigenvalue weighted by Gasteiger charge is 2.07. The Labute approximate surface area is 91.1 Å². The Kier molecular flexibility index (Phi) is 3.30. The summed E-state index contributed by atoms with van der Waals surface area (Å²) in [5, 5.41) is 8.68. The monoisotopic (exact) mass is 290 g/mol. The highest BCUT2D eigenvalue weighted by molar-refractivity contribution is 14.1. The minimum Gasteiger partial charge on any atom is -0.481 e. The number of hydrogen-bond acceptors (Lipinski definition) is 1. The first-order valence-electron chi connectivity index (χ1n) is 3.98. The summed E-state index contributed by atoms with van der Waals surface area (Å²) in [4.78, 5) is 10.6. The molecule has 0 amide bonds. The van der Waals surface area contributed by atoms with Crippen LogP contribution >= 0.6 is 22.6 Å². The van der Waals surface area contributed by atoms with E-state index in [0.717, 1.165) is 20.3 Å². The van der Waals surface area contributed by atoms with Crippen molar-refractivity contribution in [2.75, 3.05) is 0 Å². The molecule has 0 unspecified atom stereocenters. The molecule has 0 fully saturated rings. The van der Waals surface area contributed by atoms with Gasteiger partial charge in [0.15, 0.2) is 0 Å². The van der Waals surface area contributed by atoms with Gasteiger partial charge >= 0.3 is 5.97 Å². The normalized spacial score (nSPS) is 10.1. The molecular weight excluding hydrogens is 279 g/mol. The molecule has 3 heteroatoms. The van der Waals surface area contributed by atoms with Gasteiger partial charge in [0.2, 0.25) is 0 Å². The van der Waals surface area contributed by atoms with Crippen LogP contribution in [0.15, 0.2) is 12.1 Å². The van der Waals surface area contributed by atoms with Gasteiger partial charge in [0, 0.05) is 3.57 Å². The molecule has 0 bridgehead atoms. The third-order valence-electron chi connectivity index (χ3n) is 1.99. The van der Waals surface area contributed by atoms with Crippen molar-refractivity contribution in [2.24, 2.45) is 0 Å². The molecule has 1 aromatic carbocycles. The molecule has 13 heavy (non-hydrogen) atoms. The maximum absolute atomic E-state index is 10.6. The van der Waals surface area contributed by atoms with E-state index in [-0.39, 0.29) is 6.42 Å². The Hall–Kier alpha value is -0.580. The summed E-state index contributed by atoms with van der Waals surface area (Å²) < 4.78 is 1.15. The number of hydrogen-bond donors (Lipinski definition) is 1. The zero-order chi connectivity index (χ0) is 10.0. The second-order valence-corrected chi connectivity index (χ2v) is 4.33. The molecule has 0 aliphatic carbocycles. The van der Waals surface area contributed by atoms with Crippen molar-refractivity contribution in [3.05, 3.63) is 32.4 Å². The average molecular weight is 290 g/mol. The van der Waals surface area contributed by atoms with Gasteiger partial charge in [-0.3, -0.25) is 4.79 Å². The quantitative estimate of drug-likeness (QED) is 0.850. The number of carbonyl (C=O) groups is 1. The van der Waals surface area contributed by atoms with Gasteiger partial charge in [-0.05, 0) is 65.3 Å². The second-order valence-electron chi connectivity index (χ2n) is 3.09. The molecule has 0 aromatic heterocycles. The van der Waals surface area contributed by atoms with Gasteiger partial charge in [0.05, 0.1) is 6.42 Å². The van der Waals surface area contributed by atoms with Gasteiger partial charge in [-0.25, -0.2) is 0 Å². The van der Waals surface area contributed by atoms with Crippen LogP contribution in [-0.4, -0.2) is 11.1 Å². The van der Waals surface area contributed by atoms with Crippen molar-refractivity contribution in [2.45, 2.75) is 20.3 Å². The molecule has 0 aliphatic heterocycles. The van der Waals surface area contributed by atoms with Crippen molar-refractivity contribution >= 4 is 28.6 Å². The van der Waals surface area contributed by atoms with E-state index in [2.05, 4.69) is 22.6 Å². The lowest BCUT2D eigenvalue weighted by Crippen LogP contribution is -2.04. The van der Waals surface area contributed by atoms with E-state index in [4.69, 9.17) is 5.11 Å². The lowest BCUT2D eigenvalue weighted by molar-refractivity contribution is -0.136. The Morgan fingerprint density at radius 1 is 1.38 bits per heavy atom. The average Bonchev–Trinajstić information content (AvgIpc) is 1.96. The topological polar surface area (TPSA) is 37.3 Å². The van der Waals surface area contributed by atoms with Crippen LogP contribution in [-0.2, 0) is 11.2 Å². The number of carboxylic acids is 1. The van der Waals surface area contributed by atoms with Crippen LogP contribution in [0.5, 0.6) is 0 Å². The van der Waals surface area contributed by atoms with E-state index in [1.807, 2.05) is 26.0 Å². The molecule has 2 nitrogen and oxygen atoms in total. The molecule has 1 aromatic rings. The first kappa shape index (κ1) is 10.5. The summed E-state index contributed by atoms with van der Waals surface area (Å²) in [5.41, 5.74) is 3.06. The molecule has 0 atom stereocenters. The summed E-state index contributed by atoms with van der Waals surface area (Å²) in [7, 11) is 0. The highest BCUT2D eigenvalue weighted by atomic mass is 127. The Morgan fingerprint density at radius 3 is 2.23 bits per heavy atom. The van der Waals surface area contributed by atoms with E-state index < -0.39 is 5.97 Å². The first-order valence-corrected chi connectivity index (χ1v) is 5.06. The standard InChI is InChI=1S/C10H11IO2/c1-6-3-8(11)4-7(2)9(6)5-10(12)13/h3-4H,5H2,1-2H3,(H,12,13). The highest BCUT2D eigenvalue weighted by Crippen LogP contribution is 2.18. The largest absolute Gasteiger partial charge is 0.481 e. The van der Waals surface area contributed by atoms with Crippen LogP contribution < -0.4 is 0 Å². The van der Waals surface area contributed by atoms with E-state index >= 15 is 0 Å². The number of carboxylic acid groups (broad SMARTS) is 1.